The zero-order valence-corrected chi connectivity index (χ0v) is 11.4. The highest BCUT2D eigenvalue weighted by Crippen LogP contribution is 2.44. The van der Waals surface area contributed by atoms with Crippen LogP contribution in [0.15, 0.2) is 35.1 Å². The highest BCUT2D eigenvalue weighted by molar-refractivity contribution is 5.95. The van der Waals surface area contributed by atoms with Crippen LogP contribution in [0.1, 0.15) is 34.1 Å². The number of ketones is 1. The number of allylic oxidation sites excluding steroid dienone is 4. The van der Waals surface area contributed by atoms with E-state index in [9.17, 15) is 9.90 Å². The average molecular weight is 248 g/mol. The molecule has 0 aromatic carbocycles. The molecule has 0 saturated carbocycles. The van der Waals surface area contributed by atoms with Gasteiger partial charge < -0.3 is 9.84 Å². The lowest BCUT2D eigenvalue weighted by molar-refractivity contribution is -0.125. The van der Waals surface area contributed by atoms with Crippen molar-refractivity contribution < 1.29 is 14.6 Å². The molecule has 2 rings (SSSR count). The Hall–Kier alpha value is -1.35. The molecular weight excluding hydrogens is 228 g/mol. The van der Waals surface area contributed by atoms with Gasteiger partial charge in [-0.2, -0.15) is 0 Å². The first-order valence-corrected chi connectivity index (χ1v) is 6.28. The molecule has 0 aromatic rings. The molecule has 18 heavy (non-hydrogen) atoms. The zero-order valence-electron chi connectivity index (χ0n) is 11.4. The summed E-state index contributed by atoms with van der Waals surface area (Å²) in [5.74, 6) is -0.0116. The molecule has 98 valence electrons. The number of rotatable bonds is 1. The summed E-state index contributed by atoms with van der Waals surface area (Å²) in [6.07, 6.45) is 5.78. The molecule has 3 unspecified atom stereocenters. The van der Waals surface area contributed by atoms with E-state index in [0.29, 0.717) is 12.2 Å². The predicted molar refractivity (Wildman–Crippen MR) is 69.9 cm³/mol. The summed E-state index contributed by atoms with van der Waals surface area (Å²) in [7, 11) is 0. The van der Waals surface area contributed by atoms with E-state index in [1.165, 1.54) is 0 Å². The maximum absolute atomic E-state index is 12.0. The summed E-state index contributed by atoms with van der Waals surface area (Å²) in [5, 5.41) is 10.5. The average Bonchev–Trinajstić information content (AvgIpc) is 2.46. The van der Waals surface area contributed by atoms with Gasteiger partial charge in [-0.3, -0.25) is 4.79 Å². The number of ether oxygens (including phenoxy) is 1. The summed E-state index contributed by atoms with van der Waals surface area (Å²) in [6.45, 7) is 7.54. The number of hydrogen-bond donors (Lipinski definition) is 1. The van der Waals surface area contributed by atoms with Gasteiger partial charge >= 0.3 is 0 Å². The predicted octanol–water partition coefficient (Wildman–Crippen LogP) is 2.52. The maximum atomic E-state index is 12.0. The number of hydrogen-bond acceptors (Lipinski definition) is 3. The van der Waals surface area contributed by atoms with Gasteiger partial charge in [0.25, 0.3) is 0 Å². The Kier molecular flexibility index (Phi) is 3.20. The number of fused-ring (bicyclic) bond motifs is 1. The largest absolute Gasteiger partial charge is 0.490 e. The van der Waals surface area contributed by atoms with Gasteiger partial charge in [-0.25, -0.2) is 0 Å². The fraction of sp³-hybridized carbons (Fsp3) is 0.533. The number of carbonyl (C=O) groups excluding carboxylic acids is 1. The van der Waals surface area contributed by atoms with Crippen LogP contribution in [0.5, 0.6) is 0 Å². The lowest BCUT2D eigenvalue weighted by Crippen LogP contribution is -2.41. The van der Waals surface area contributed by atoms with Crippen molar-refractivity contribution in [3.05, 3.63) is 35.1 Å². The third-order valence-corrected chi connectivity index (χ3v) is 3.54. The molecule has 3 nitrogen and oxygen atoms in total. The summed E-state index contributed by atoms with van der Waals surface area (Å²) in [6, 6.07) is 0. The van der Waals surface area contributed by atoms with Crippen molar-refractivity contribution in [1.29, 1.82) is 0 Å². The smallest absolute Gasteiger partial charge is 0.165 e. The Balaban J connectivity index is 2.35. The van der Waals surface area contributed by atoms with E-state index in [2.05, 4.69) is 0 Å². The Labute approximate surface area is 108 Å². The van der Waals surface area contributed by atoms with Gasteiger partial charge in [-0.05, 0) is 39.8 Å². The lowest BCUT2D eigenvalue weighted by atomic mass is 9.77. The fourth-order valence-corrected chi connectivity index (χ4v) is 2.64. The fourth-order valence-electron chi connectivity index (χ4n) is 2.64. The molecule has 3 atom stereocenters. The normalized spacial score (nSPS) is 37.1. The first-order chi connectivity index (χ1) is 8.32. The van der Waals surface area contributed by atoms with Crippen molar-refractivity contribution in [2.24, 2.45) is 5.92 Å². The van der Waals surface area contributed by atoms with Crippen molar-refractivity contribution in [3.63, 3.8) is 0 Å². The summed E-state index contributed by atoms with van der Waals surface area (Å²) in [5.41, 5.74) is 0.933. The van der Waals surface area contributed by atoms with E-state index < -0.39 is 11.5 Å². The van der Waals surface area contributed by atoms with Crippen LogP contribution in [0.4, 0.5) is 0 Å². The molecule has 0 radical (unpaired) electrons. The number of carbonyl (C=O) groups is 1. The maximum Gasteiger partial charge on any atom is 0.165 e. The van der Waals surface area contributed by atoms with Crippen LogP contribution in [0.25, 0.3) is 0 Å². The molecular formula is C15H20O3. The molecule has 1 heterocycles. The van der Waals surface area contributed by atoms with Crippen molar-refractivity contribution in [2.75, 3.05) is 0 Å². The van der Waals surface area contributed by atoms with E-state index >= 15 is 0 Å². The van der Waals surface area contributed by atoms with Crippen LogP contribution < -0.4 is 0 Å². The van der Waals surface area contributed by atoms with Crippen molar-refractivity contribution in [2.45, 2.75) is 45.8 Å². The van der Waals surface area contributed by atoms with E-state index in [-0.39, 0.29) is 11.9 Å². The molecule has 1 aliphatic carbocycles. The minimum absolute atomic E-state index is 0.0330. The summed E-state index contributed by atoms with van der Waals surface area (Å²) >= 11 is 0. The van der Waals surface area contributed by atoms with Gasteiger partial charge in [0, 0.05) is 6.42 Å². The van der Waals surface area contributed by atoms with Crippen LogP contribution in [0, 0.1) is 5.92 Å². The third kappa shape index (κ3) is 2.15. The Morgan fingerprint density at radius 2 is 2.22 bits per heavy atom. The molecule has 0 aromatic heterocycles. The zero-order chi connectivity index (χ0) is 13.5. The van der Waals surface area contributed by atoms with Crippen molar-refractivity contribution >= 4 is 5.78 Å². The van der Waals surface area contributed by atoms with Crippen LogP contribution in [-0.2, 0) is 9.53 Å². The van der Waals surface area contributed by atoms with Gasteiger partial charge in [0.2, 0.25) is 0 Å². The van der Waals surface area contributed by atoms with Gasteiger partial charge in [-0.1, -0.05) is 17.2 Å². The standard InChI is InChI=1S/C15H20O3/c1-9(2)5-6-13-15(4,17)14-11(16)7-10(3)8-12(14)18-13/h5-7,12,14,17H,8H2,1-4H3. The van der Waals surface area contributed by atoms with Crippen molar-refractivity contribution in [3.8, 4) is 0 Å². The van der Waals surface area contributed by atoms with E-state index in [0.717, 1.165) is 11.1 Å². The molecule has 1 saturated heterocycles. The Morgan fingerprint density at radius 1 is 1.56 bits per heavy atom. The first kappa shape index (κ1) is 13.1. The second-order valence-corrected chi connectivity index (χ2v) is 5.65. The Bertz CT molecular complexity index is 462. The van der Waals surface area contributed by atoms with Crippen molar-refractivity contribution in [1.82, 2.24) is 0 Å². The van der Waals surface area contributed by atoms with Gasteiger partial charge in [-0.15, -0.1) is 0 Å². The monoisotopic (exact) mass is 248 g/mol. The molecule has 0 bridgehead atoms. The highest BCUT2D eigenvalue weighted by Gasteiger charge is 2.54. The molecule has 0 spiro atoms. The van der Waals surface area contributed by atoms with Crippen LogP contribution in [0.2, 0.25) is 0 Å². The third-order valence-electron chi connectivity index (χ3n) is 3.54. The Morgan fingerprint density at radius 3 is 2.83 bits per heavy atom. The topological polar surface area (TPSA) is 46.5 Å². The lowest BCUT2D eigenvalue weighted by Gasteiger charge is -2.26. The summed E-state index contributed by atoms with van der Waals surface area (Å²) in [4.78, 5) is 12.0. The van der Waals surface area contributed by atoms with Gasteiger partial charge in [0.1, 0.15) is 17.5 Å². The quantitative estimate of drug-likeness (QED) is 0.775. The molecule has 0 amide bonds. The molecule has 1 aliphatic heterocycles. The molecule has 3 heteroatoms. The van der Waals surface area contributed by atoms with E-state index in [1.807, 2.05) is 26.8 Å². The van der Waals surface area contributed by atoms with Crippen LogP contribution in [-0.4, -0.2) is 22.6 Å². The second-order valence-electron chi connectivity index (χ2n) is 5.65. The first-order valence-electron chi connectivity index (χ1n) is 6.28. The van der Waals surface area contributed by atoms with Crippen LogP contribution in [0.3, 0.4) is 0 Å². The highest BCUT2D eigenvalue weighted by atomic mass is 16.5. The number of aliphatic hydroxyl groups is 1. The van der Waals surface area contributed by atoms with Gasteiger partial charge in [0.15, 0.2) is 5.78 Å². The summed E-state index contributed by atoms with van der Waals surface area (Å²) < 4.78 is 5.78. The van der Waals surface area contributed by atoms with Gasteiger partial charge in [0.05, 0.1) is 5.92 Å². The minimum atomic E-state index is -1.20. The molecule has 1 fully saturated rings. The van der Waals surface area contributed by atoms with E-state index in [4.69, 9.17) is 4.74 Å². The SMILES string of the molecule is CC(C)=CC=C1OC2CC(C)=CC(=O)C2C1(C)O. The minimum Gasteiger partial charge on any atom is -0.490 e. The second kappa shape index (κ2) is 4.39. The molecule has 2 aliphatic rings. The van der Waals surface area contributed by atoms with Crippen LogP contribution >= 0.6 is 0 Å². The molecule has 1 N–H and O–H groups in total. The van der Waals surface area contributed by atoms with E-state index in [1.54, 1.807) is 19.1 Å².